The van der Waals surface area contributed by atoms with Crippen LogP contribution in [0.1, 0.15) is 18.4 Å². The Bertz CT molecular complexity index is 414. The van der Waals surface area contributed by atoms with Gasteiger partial charge in [0, 0.05) is 10.4 Å². The summed E-state index contributed by atoms with van der Waals surface area (Å²) in [6.07, 6.45) is 1.60. The van der Waals surface area contributed by atoms with Crippen molar-refractivity contribution in [1.82, 2.24) is 0 Å². The minimum Gasteiger partial charge on any atom is -0.228 e. The third-order valence-electron chi connectivity index (χ3n) is 2.14. The highest BCUT2D eigenvalue weighted by molar-refractivity contribution is 9.09. The summed E-state index contributed by atoms with van der Waals surface area (Å²) in [6, 6.07) is 6.94. The molecule has 1 aromatic carbocycles. The summed E-state index contributed by atoms with van der Waals surface area (Å²) in [5, 5.41) is 1.48. The van der Waals surface area contributed by atoms with Crippen molar-refractivity contribution < 1.29 is 8.42 Å². The molecule has 0 saturated heterocycles. The lowest BCUT2D eigenvalue weighted by atomic mass is 10.2. The fourth-order valence-electron chi connectivity index (χ4n) is 1.32. The molecule has 0 spiro atoms. The van der Waals surface area contributed by atoms with Crippen LogP contribution in [0, 0.1) is 0 Å². The van der Waals surface area contributed by atoms with Crippen molar-refractivity contribution in [3.05, 3.63) is 34.9 Å². The van der Waals surface area contributed by atoms with Gasteiger partial charge in [-0.2, -0.15) is 0 Å². The van der Waals surface area contributed by atoms with Crippen LogP contribution >= 0.6 is 27.5 Å². The number of halogens is 2. The fraction of sp³-hybridized carbons (Fsp3) is 0.455. The highest BCUT2D eigenvalue weighted by Gasteiger charge is 2.11. The molecule has 0 atom stereocenters. The first kappa shape index (κ1) is 14.0. The van der Waals surface area contributed by atoms with Gasteiger partial charge in [-0.1, -0.05) is 39.7 Å². The minimum atomic E-state index is -2.98. The van der Waals surface area contributed by atoms with E-state index in [1.165, 1.54) is 0 Å². The predicted molar refractivity (Wildman–Crippen MR) is 72.0 cm³/mol. The van der Waals surface area contributed by atoms with Crippen molar-refractivity contribution in [2.24, 2.45) is 0 Å². The molecule has 0 amide bonds. The molecule has 0 aliphatic heterocycles. The topological polar surface area (TPSA) is 34.1 Å². The number of benzene rings is 1. The quantitative estimate of drug-likeness (QED) is 0.593. The normalized spacial score (nSPS) is 11.6. The molecular weight excluding hydrogens is 312 g/mol. The SMILES string of the molecule is O=S(=O)(CCCCBr)Cc1ccc(Cl)cc1. The molecule has 0 heterocycles. The summed E-state index contributed by atoms with van der Waals surface area (Å²) in [6.45, 7) is 0. The summed E-state index contributed by atoms with van der Waals surface area (Å²) in [4.78, 5) is 0. The van der Waals surface area contributed by atoms with Gasteiger partial charge in [-0.25, -0.2) is 8.42 Å². The van der Waals surface area contributed by atoms with Crippen molar-refractivity contribution in [3.63, 3.8) is 0 Å². The second-order valence-corrected chi connectivity index (χ2v) is 7.03. The molecule has 0 fully saturated rings. The smallest absolute Gasteiger partial charge is 0.154 e. The number of rotatable bonds is 6. The molecule has 2 nitrogen and oxygen atoms in total. The van der Waals surface area contributed by atoms with Crippen molar-refractivity contribution in [2.75, 3.05) is 11.1 Å². The molecule has 90 valence electrons. The zero-order valence-electron chi connectivity index (χ0n) is 8.83. The van der Waals surface area contributed by atoms with E-state index in [1.807, 2.05) is 0 Å². The molecule has 0 aliphatic carbocycles. The van der Waals surface area contributed by atoms with E-state index >= 15 is 0 Å². The third-order valence-corrected chi connectivity index (χ3v) is 4.64. The first-order valence-electron chi connectivity index (χ1n) is 5.04. The molecular formula is C11H14BrClO2S. The van der Waals surface area contributed by atoms with Gasteiger partial charge in [-0.05, 0) is 30.5 Å². The Morgan fingerprint density at radius 2 is 1.75 bits per heavy atom. The second-order valence-electron chi connectivity index (χ2n) is 3.61. The maximum Gasteiger partial charge on any atom is 0.154 e. The molecule has 0 aliphatic rings. The van der Waals surface area contributed by atoms with E-state index in [0.29, 0.717) is 11.4 Å². The van der Waals surface area contributed by atoms with E-state index < -0.39 is 9.84 Å². The standard InChI is InChI=1S/C11H14BrClO2S/c12-7-1-2-8-16(14,15)9-10-3-5-11(13)6-4-10/h3-6H,1-2,7-9H2. The van der Waals surface area contributed by atoms with Crippen LogP contribution in [0.2, 0.25) is 5.02 Å². The van der Waals surface area contributed by atoms with Gasteiger partial charge in [0.25, 0.3) is 0 Å². The van der Waals surface area contributed by atoms with Gasteiger partial charge in [0.05, 0.1) is 11.5 Å². The van der Waals surface area contributed by atoms with E-state index in [-0.39, 0.29) is 11.5 Å². The van der Waals surface area contributed by atoms with Crippen LogP contribution in [0.4, 0.5) is 0 Å². The molecule has 1 rings (SSSR count). The fourth-order valence-corrected chi connectivity index (χ4v) is 3.33. The van der Waals surface area contributed by atoms with Crippen molar-refractivity contribution >= 4 is 37.4 Å². The number of sulfone groups is 1. The second kappa shape index (κ2) is 6.62. The monoisotopic (exact) mass is 324 g/mol. The lowest BCUT2D eigenvalue weighted by molar-refractivity contribution is 0.592. The van der Waals surface area contributed by atoms with E-state index in [9.17, 15) is 8.42 Å². The molecule has 0 N–H and O–H groups in total. The number of unbranched alkanes of at least 4 members (excludes halogenated alkanes) is 1. The molecule has 5 heteroatoms. The average Bonchev–Trinajstić information content (AvgIpc) is 2.21. The van der Waals surface area contributed by atoms with Crippen molar-refractivity contribution in [3.8, 4) is 0 Å². The van der Waals surface area contributed by atoms with Crippen molar-refractivity contribution in [1.29, 1.82) is 0 Å². The van der Waals surface area contributed by atoms with E-state index in [0.717, 1.165) is 17.3 Å². The van der Waals surface area contributed by atoms with E-state index in [2.05, 4.69) is 15.9 Å². The number of hydrogen-bond acceptors (Lipinski definition) is 2. The number of hydrogen-bond donors (Lipinski definition) is 0. The summed E-state index contributed by atoms with van der Waals surface area (Å²) in [5.74, 6) is 0.355. The zero-order valence-corrected chi connectivity index (χ0v) is 12.0. The summed E-state index contributed by atoms with van der Waals surface area (Å²) < 4.78 is 23.4. The zero-order chi connectivity index (χ0) is 12.0. The van der Waals surface area contributed by atoms with Gasteiger partial charge in [0.2, 0.25) is 0 Å². The van der Waals surface area contributed by atoms with E-state index in [4.69, 9.17) is 11.6 Å². The van der Waals surface area contributed by atoms with Crippen LogP contribution in [0.25, 0.3) is 0 Å². The van der Waals surface area contributed by atoms with Crippen LogP contribution in [-0.2, 0) is 15.6 Å². The lowest BCUT2D eigenvalue weighted by Crippen LogP contribution is -2.09. The predicted octanol–water partition coefficient (Wildman–Crippen LogP) is 3.43. The summed E-state index contributed by atoms with van der Waals surface area (Å²) in [5.41, 5.74) is 0.795. The molecule has 0 aromatic heterocycles. The maximum absolute atomic E-state index is 11.7. The van der Waals surface area contributed by atoms with Crippen LogP contribution in [0.3, 0.4) is 0 Å². The molecule has 0 bridgehead atoms. The molecule has 1 aromatic rings. The lowest BCUT2D eigenvalue weighted by Gasteiger charge is -2.04. The Kier molecular flexibility index (Phi) is 5.79. The maximum atomic E-state index is 11.7. The highest BCUT2D eigenvalue weighted by atomic mass is 79.9. The van der Waals surface area contributed by atoms with Gasteiger partial charge in [0.1, 0.15) is 0 Å². The Hall–Kier alpha value is -0.0600. The third kappa shape index (κ3) is 5.32. The van der Waals surface area contributed by atoms with Crippen LogP contribution in [0.5, 0.6) is 0 Å². The molecule has 0 unspecified atom stereocenters. The molecule has 16 heavy (non-hydrogen) atoms. The Balaban J connectivity index is 2.55. The Labute approximate surface area is 110 Å². The summed E-state index contributed by atoms with van der Waals surface area (Å²) in [7, 11) is -2.98. The Morgan fingerprint density at radius 3 is 2.31 bits per heavy atom. The first-order valence-corrected chi connectivity index (χ1v) is 8.36. The van der Waals surface area contributed by atoms with Gasteiger partial charge < -0.3 is 0 Å². The van der Waals surface area contributed by atoms with E-state index in [1.54, 1.807) is 24.3 Å². The van der Waals surface area contributed by atoms with Gasteiger partial charge in [0.15, 0.2) is 9.84 Å². The Morgan fingerprint density at radius 1 is 1.12 bits per heavy atom. The minimum absolute atomic E-state index is 0.104. The first-order chi connectivity index (χ1) is 7.53. The highest BCUT2D eigenvalue weighted by Crippen LogP contribution is 2.13. The van der Waals surface area contributed by atoms with Crippen LogP contribution in [0.15, 0.2) is 24.3 Å². The average molecular weight is 326 g/mol. The summed E-state index contributed by atoms with van der Waals surface area (Å²) >= 11 is 9.01. The number of alkyl halides is 1. The van der Waals surface area contributed by atoms with Crippen LogP contribution in [-0.4, -0.2) is 19.5 Å². The largest absolute Gasteiger partial charge is 0.228 e. The molecule has 0 radical (unpaired) electrons. The van der Waals surface area contributed by atoms with Crippen LogP contribution < -0.4 is 0 Å². The van der Waals surface area contributed by atoms with Gasteiger partial charge in [-0.3, -0.25) is 0 Å². The van der Waals surface area contributed by atoms with Gasteiger partial charge >= 0.3 is 0 Å². The van der Waals surface area contributed by atoms with Crippen molar-refractivity contribution in [2.45, 2.75) is 18.6 Å². The van der Waals surface area contributed by atoms with Gasteiger partial charge in [-0.15, -0.1) is 0 Å². The molecule has 0 saturated carbocycles.